The van der Waals surface area contributed by atoms with E-state index in [0.717, 1.165) is 36.3 Å². The summed E-state index contributed by atoms with van der Waals surface area (Å²) in [4.78, 5) is 15.3. The number of aryl methyl sites for hydroxylation is 1. The molecule has 0 spiro atoms. The molecule has 138 valence electrons. The molecule has 0 aliphatic carbocycles. The van der Waals surface area contributed by atoms with E-state index in [1.165, 1.54) is 10.4 Å². The average molecular weight is 362 g/mol. The highest BCUT2D eigenvalue weighted by Crippen LogP contribution is 2.31. The highest BCUT2D eigenvalue weighted by molar-refractivity contribution is 5.91. The van der Waals surface area contributed by atoms with Crippen LogP contribution in [0.1, 0.15) is 39.5 Å². The molecule has 1 unspecified atom stereocenters. The number of nitrogens with zero attached hydrogens (tertiary/aromatic N) is 4. The molecular weight excluding hydrogens is 340 g/mol. The lowest BCUT2D eigenvalue weighted by Crippen LogP contribution is -2.22. The number of anilines is 1. The van der Waals surface area contributed by atoms with Gasteiger partial charge in [0.1, 0.15) is 0 Å². The van der Waals surface area contributed by atoms with E-state index in [1.54, 1.807) is 0 Å². The summed E-state index contributed by atoms with van der Waals surface area (Å²) in [7, 11) is 0. The van der Waals surface area contributed by atoms with Gasteiger partial charge >= 0.3 is 5.97 Å². The number of aromatic carboxylic acids is 1. The summed E-state index contributed by atoms with van der Waals surface area (Å²) in [6, 6.07) is 16.2. The van der Waals surface area contributed by atoms with Gasteiger partial charge in [0, 0.05) is 19.0 Å². The minimum atomic E-state index is -1.05. The molecule has 1 aliphatic rings. The number of aromatic nitrogens is 3. The second kappa shape index (κ2) is 6.87. The van der Waals surface area contributed by atoms with Crippen LogP contribution >= 0.6 is 0 Å². The molecule has 3 aromatic rings. The van der Waals surface area contributed by atoms with Crippen LogP contribution in [0.4, 0.5) is 5.82 Å². The molecule has 1 aromatic heterocycles. The van der Waals surface area contributed by atoms with E-state index in [1.807, 2.05) is 55.1 Å². The highest BCUT2D eigenvalue weighted by atomic mass is 16.4. The van der Waals surface area contributed by atoms with Gasteiger partial charge in [-0.15, -0.1) is 15.0 Å². The topological polar surface area (TPSA) is 71.2 Å². The number of carbonyl (C=O) groups is 1. The van der Waals surface area contributed by atoms with Crippen LogP contribution < -0.4 is 4.90 Å². The largest absolute Gasteiger partial charge is 0.476 e. The molecule has 6 heteroatoms. The fourth-order valence-corrected chi connectivity index (χ4v) is 3.66. The van der Waals surface area contributed by atoms with Crippen molar-refractivity contribution in [2.75, 3.05) is 18.0 Å². The first-order valence-electron chi connectivity index (χ1n) is 9.11. The third-order valence-corrected chi connectivity index (χ3v) is 5.35. The Kier molecular flexibility index (Phi) is 4.39. The molecule has 27 heavy (non-hydrogen) atoms. The zero-order valence-electron chi connectivity index (χ0n) is 15.5. The van der Waals surface area contributed by atoms with Crippen LogP contribution in [0.3, 0.4) is 0 Å². The summed E-state index contributed by atoms with van der Waals surface area (Å²) in [6.07, 6.45) is 0.972. The van der Waals surface area contributed by atoms with Crippen molar-refractivity contribution >= 4 is 11.8 Å². The minimum absolute atomic E-state index is 0.00428. The summed E-state index contributed by atoms with van der Waals surface area (Å²) in [5.41, 5.74) is 4.25. The van der Waals surface area contributed by atoms with Gasteiger partial charge in [-0.2, -0.15) is 0 Å². The van der Waals surface area contributed by atoms with E-state index in [0.29, 0.717) is 11.7 Å². The summed E-state index contributed by atoms with van der Waals surface area (Å²) in [5, 5.41) is 18.5. The van der Waals surface area contributed by atoms with Crippen molar-refractivity contribution in [1.82, 2.24) is 15.0 Å². The summed E-state index contributed by atoms with van der Waals surface area (Å²) >= 11 is 0. The zero-order valence-corrected chi connectivity index (χ0v) is 15.5. The van der Waals surface area contributed by atoms with Crippen molar-refractivity contribution in [2.45, 2.75) is 26.2 Å². The van der Waals surface area contributed by atoms with E-state index >= 15 is 0 Å². The Hall–Kier alpha value is -3.15. The van der Waals surface area contributed by atoms with Crippen molar-refractivity contribution in [3.05, 3.63) is 70.9 Å². The predicted octanol–water partition coefficient (Wildman–Crippen LogP) is 3.58. The number of benzene rings is 2. The second-order valence-corrected chi connectivity index (χ2v) is 7.03. The molecule has 1 aliphatic heterocycles. The Bertz CT molecular complexity index is 981. The van der Waals surface area contributed by atoms with Gasteiger partial charge in [-0.1, -0.05) is 42.5 Å². The molecule has 2 heterocycles. The van der Waals surface area contributed by atoms with E-state index in [4.69, 9.17) is 0 Å². The highest BCUT2D eigenvalue weighted by Gasteiger charge is 2.30. The van der Waals surface area contributed by atoms with Crippen molar-refractivity contribution in [3.63, 3.8) is 0 Å². The Morgan fingerprint density at radius 2 is 1.85 bits per heavy atom. The zero-order chi connectivity index (χ0) is 19.0. The van der Waals surface area contributed by atoms with Gasteiger partial charge in [-0.05, 0) is 43.0 Å². The van der Waals surface area contributed by atoms with Crippen molar-refractivity contribution in [1.29, 1.82) is 0 Å². The first-order chi connectivity index (χ1) is 13.0. The number of hydrogen-bond acceptors (Lipinski definition) is 4. The van der Waals surface area contributed by atoms with Crippen LogP contribution in [0.2, 0.25) is 0 Å². The third-order valence-electron chi connectivity index (χ3n) is 5.35. The van der Waals surface area contributed by atoms with Gasteiger partial charge in [-0.3, -0.25) is 0 Å². The summed E-state index contributed by atoms with van der Waals surface area (Å²) in [5.74, 6) is -0.231. The van der Waals surface area contributed by atoms with Gasteiger partial charge in [-0.25, -0.2) is 4.79 Å². The number of carboxylic acids is 1. The van der Waals surface area contributed by atoms with Crippen LogP contribution in [0, 0.1) is 13.8 Å². The fraction of sp³-hybridized carbons (Fsp3) is 0.286. The molecule has 1 atom stereocenters. The quantitative estimate of drug-likeness (QED) is 0.768. The van der Waals surface area contributed by atoms with Gasteiger partial charge in [0.05, 0.1) is 5.69 Å². The molecule has 1 fully saturated rings. The Morgan fingerprint density at radius 1 is 1.07 bits per heavy atom. The maximum absolute atomic E-state index is 11.8. The van der Waals surface area contributed by atoms with Gasteiger partial charge in [0.2, 0.25) is 5.69 Å². The number of hydrogen-bond donors (Lipinski definition) is 1. The normalized spacial score (nSPS) is 16.7. The molecule has 0 bridgehead atoms. The standard InChI is InChI=1S/C21H22N4O2/c1-14-7-6-10-18(15(14)2)25-22-19(21(26)27)20(23-25)24-12-11-17(13-24)16-8-4-3-5-9-16/h3-10,17H,11-13H2,1-2H3,(H,26,27). The summed E-state index contributed by atoms with van der Waals surface area (Å²) in [6.45, 7) is 5.53. The lowest BCUT2D eigenvalue weighted by molar-refractivity contribution is 0.0690. The molecule has 0 saturated carbocycles. The monoisotopic (exact) mass is 362 g/mol. The van der Waals surface area contributed by atoms with E-state index in [2.05, 4.69) is 22.3 Å². The van der Waals surface area contributed by atoms with E-state index in [-0.39, 0.29) is 5.69 Å². The Balaban J connectivity index is 1.68. The maximum atomic E-state index is 11.8. The van der Waals surface area contributed by atoms with Crippen molar-refractivity contribution in [3.8, 4) is 5.69 Å². The molecule has 1 saturated heterocycles. The van der Waals surface area contributed by atoms with Crippen LogP contribution in [0.5, 0.6) is 0 Å². The molecule has 6 nitrogen and oxygen atoms in total. The van der Waals surface area contributed by atoms with Gasteiger partial charge < -0.3 is 10.0 Å². The van der Waals surface area contributed by atoms with Gasteiger partial charge in [0.25, 0.3) is 0 Å². The lowest BCUT2D eigenvalue weighted by atomic mass is 9.99. The molecule has 0 amide bonds. The first-order valence-corrected chi connectivity index (χ1v) is 9.11. The molecule has 2 aromatic carbocycles. The van der Waals surface area contributed by atoms with E-state index in [9.17, 15) is 9.90 Å². The predicted molar refractivity (Wildman–Crippen MR) is 104 cm³/mol. The Morgan fingerprint density at radius 3 is 2.59 bits per heavy atom. The molecule has 0 radical (unpaired) electrons. The smallest absolute Gasteiger partial charge is 0.360 e. The number of rotatable bonds is 4. The SMILES string of the molecule is Cc1cccc(-n2nc(C(=O)O)c(N3CCC(c4ccccc4)C3)n2)c1C. The van der Waals surface area contributed by atoms with Crippen LogP contribution in [0.15, 0.2) is 48.5 Å². The third kappa shape index (κ3) is 3.18. The Labute approximate surface area is 158 Å². The average Bonchev–Trinajstić information content (AvgIpc) is 3.32. The first kappa shape index (κ1) is 17.3. The fourth-order valence-electron chi connectivity index (χ4n) is 3.66. The summed E-state index contributed by atoms with van der Waals surface area (Å²) < 4.78 is 0. The molecular formula is C21H22N4O2. The van der Waals surface area contributed by atoms with Crippen LogP contribution in [0.25, 0.3) is 5.69 Å². The number of carboxylic acid groups (broad SMARTS) is 1. The maximum Gasteiger partial charge on any atom is 0.360 e. The second-order valence-electron chi connectivity index (χ2n) is 7.03. The van der Waals surface area contributed by atoms with Crippen molar-refractivity contribution < 1.29 is 9.90 Å². The van der Waals surface area contributed by atoms with Gasteiger partial charge in [0.15, 0.2) is 5.82 Å². The minimum Gasteiger partial charge on any atom is -0.476 e. The van der Waals surface area contributed by atoms with Crippen LogP contribution in [-0.2, 0) is 0 Å². The molecule has 4 rings (SSSR count). The van der Waals surface area contributed by atoms with Crippen LogP contribution in [-0.4, -0.2) is 39.2 Å². The molecule has 1 N–H and O–H groups in total. The lowest BCUT2D eigenvalue weighted by Gasteiger charge is -2.16. The van der Waals surface area contributed by atoms with E-state index < -0.39 is 5.97 Å². The van der Waals surface area contributed by atoms with Crippen molar-refractivity contribution in [2.24, 2.45) is 0 Å².